The summed E-state index contributed by atoms with van der Waals surface area (Å²) in [5, 5.41) is 3.00. The molecule has 0 unspecified atom stereocenters. The first-order valence-corrected chi connectivity index (χ1v) is 9.44. The van der Waals surface area contributed by atoms with Crippen molar-refractivity contribution in [3.05, 3.63) is 70.5 Å². The van der Waals surface area contributed by atoms with Crippen LogP contribution in [0.4, 0.5) is 9.18 Å². The van der Waals surface area contributed by atoms with Gasteiger partial charge in [-0.05, 0) is 36.2 Å². The second-order valence-electron chi connectivity index (χ2n) is 6.74. The van der Waals surface area contributed by atoms with Crippen molar-refractivity contribution in [1.29, 1.82) is 0 Å². The van der Waals surface area contributed by atoms with Crippen molar-refractivity contribution in [1.82, 2.24) is 10.2 Å². The Balaban J connectivity index is 1.91. The number of carbonyl (C=O) groups excluding carboxylic acids is 3. The zero-order chi connectivity index (χ0) is 20.3. The van der Waals surface area contributed by atoms with Gasteiger partial charge in [0.25, 0.3) is 5.91 Å². The van der Waals surface area contributed by atoms with Gasteiger partial charge in [-0.15, -0.1) is 0 Å². The highest BCUT2D eigenvalue weighted by Crippen LogP contribution is 2.34. The van der Waals surface area contributed by atoms with Crippen LogP contribution >= 0.6 is 11.6 Å². The van der Waals surface area contributed by atoms with E-state index in [1.807, 2.05) is 6.92 Å². The number of ketones is 1. The van der Waals surface area contributed by atoms with Crippen LogP contribution in [0.15, 0.2) is 48.5 Å². The van der Waals surface area contributed by atoms with Crippen LogP contribution in [0.5, 0.6) is 0 Å². The molecule has 28 heavy (non-hydrogen) atoms. The monoisotopic (exact) mass is 402 g/mol. The van der Waals surface area contributed by atoms with Gasteiger partial charge in [-0.2, -0.15) is 0 Å². The Morgan fingerprint density at radius 2 is 1.82 bits per heavy atom. The number of rotatable bonds is 7. The molecule has 0 radical (unpaired) electrons. The van der Waals surface area contributed by atoms with E-state index >= 15 is 0 Å². The lowest BCUT2D eigenvalue weighted by atomic mass is 9.84. The van der Waals surface area contributed by atoms with Crippen molar-refractivity contribution in [2.24, 2.45) is 0 Å². The van der Waals surface area contributed by atoms with Gasteiger partial charge in [-0.1, -0.05) is 55.6 Å². The number of urea groups is 1. The highest BCUT2D eigenvalue weighted by molar-refractivity contribution is 6.34. The molecule has 2 aromatic rings. The highest BCUT2D eigenvalue weighted by Gasteiger charge is 2.52. The summed E-state index contributed by atoms with van der Waals surface area (Å²) in [5.41, 5.74) is -0.562. The van der Waals surface area contributed by atoms with Gasteiger partial charge in [0.15, 0.2) is 5.78 Å². The molecule has 1 aliphatic heterocycles. The average Bonchev–Trinajstić information content (AvgIpc) is 2.92. The summed E-state index contributed by atoms with van der Waals surface area (Å²) >= 11 is 6.05. The lowest BCUT2D eigenvalue weighted by molar-refractivity contribution is -0.131. The molecule has 1 atom stereocenters. The maximum absolute atomic E-state index is 13.4. The highest BCUT2D eigenvalue weighted by atomic mass is 35.5. The predicted octanol–water partition coefficient (Wildman–Crippen LogP) is 4.30. The SMILES string of the molecule is CCCC[C@@]1(c2ccc(F)cc2)NC(=O)N(CC(=O)c2ccccc2Cl)C1=O. The summed E-state index contributed by atoms with van der Waals surface area (Å²) in [4.78, 5) is 39.4. The Labute approximate surface area is 167 Å². The van der Waals surface area contributed by atoms with Crippen molar-refractivity contribution in [2.75, 3.05) is 6.54 Å². The van der Waals surface area contributed by atoms with E-state index in [0.29, 0.717) is 18.4 Å². The summed E-state index contributed by atoms with van der Waals surface area (Å²) < 4.78 is 13.4. The van der Waals surface area contributed by atoms with Gasteiger partial charge < -0.3 is 5.32 Å². The number of unbranched alkanes of at least 4 members (excludes halogenated alkanes) is 1. The third kappa shape index (κ3) is 3.64. The second kappa shape index (κ2) is 8.10. The first kappa shape index (κ1) is 20.0. The molecule has 1 aliphatic rings. The predicted molar refractivity (Wildman–Crippen MR) is 104 cm³/mol. The van der Waals surface area contributed by atoms with Gasteiger partial charge in [0.1, 0.15) is 11.4 Å². The van der Waals surface area contributed by atoms with E-state index in [4.69, 9.17) is 11.6 Å². The molecule has 5 nitrogen and oxygen atoms in total. The number of benzene rings is 2. The van der Waals surface area contributed by atoms with Crippen LogP contribution < -0.4 is 5.32 Å². The Bertz CT molecular complexity index is 916. The fourth-order valence-electron chi connectivity index (χ4n) is 3.37. The first-order valence-electron chi connectivity index (χ1n) is 9.07. The second-order valence-corrected chi connectivity index (χ2v) is 7.15. The molecule has 3 amide bonds. The maximum Gasteiger partial charge on any atom is 0.325 e. The fraction of sp³-hybridized carbons (Fsp3) is 0.286. The molecular formula is C21H20ClFN2O3. The van der Waals surface area contributed by atoms with Crippen LogP contribution in [0.1, 0.15) is 42.1 Å². The number of amides is 3. The lowest BCUT2D eigenvalue weighted by Gasteiger charge is -2.27. The molecule has 0 bridgehead atoms. The van der Waals surface area contributed by atoms with E-state index in [0.717, 1.165) is 11.3 Å². The van der Waals surface area contributed by atoms with Gasteiger partial charge in [-0.3, -0.25) is 14.5 Å². The minimum absolute atomic E-state index is 0.248. The van der Waals surface area contributed by atoms with Gasteiger partial charge in [0.05, 0.1) is 11.6 Å². The third-order valence-electron chi connectivity index (χ3n) is 4.89. The van der Waals surface area contributed by atoms with Crippen molar-refractivity contribution < 1.29 is 18.8 Å². The van der Waals surface area contributed by atoms with Crippen LogP contribution in [0.2, 0.25) is 5.02 Å². The number of Topliss-reactive ketones (excluding diaryl/α,β-unsaturated/α-hetero) is 1. The molecule has 2 aromatic carbocycles. The molecule has 3 rings (SSSR count). The molecule has 0 aliphatic carbocycles. The molecule has 7 heteroatoms. The van der Waals surface area contributed by atoms with Crippen LogP contribution in [0, 0.1) is 5.82 Å². The van der Waals surface area contributed by atoms with Crippen molar-refractivity contribution in [2.45, 2.75) is 31.7 Å². The largest absolute Gasteiger partial charge is 0.325 e. The van der Waals surface area contributed by atoms with Crippen LogP contribution in [0.25, 0.3) is 0 Å². The van der Waals surface area contributed by atoms with E-state index < -0.39 is 35.6 Å². The van der Waals surface area contributed by atoms with E-state index in [-0.39, 0.29) is 10.6 Å². The van der Waals surface area contributed by atoms with Crippen molar-refractivity contribution >= 4 is 29.3 Å². The fourth-order valence-corrected chi connectivity index (χ4v) is 3.61. The van der Waals surface area contributed by atoms with E-state index in [1.54, 1.807) is 24.3 Å². The topological polar surface area (TPSA) is 66.5 Å². The Morgan fingerprint density at radius 1 is 1.14 bits per heavy atom. The van der Waals surface area contributed by atoms with Crippen LogP contribution in [-0.4, -0.2) is 29.2 Å². The minimum atomic E-state index is -1.30. The number of halogens is 2. The zero-order valence-corrected chi connectivity index (χ0v) is 16.1. The molecular weight excluding hydrogens is 383 g/mol. The minimum Gasteiger partial charge on any atom is -0.319 e. The van der Waals surface area contributed by atoms with E-state index in [9.17, 15) is 18.8 Å². The average molecular weight is 403 g/mol. The first-order chi connectivity index (χ1) is 13.4. The quantitative estimate of drug-likeness (QED) is 0.554. The van der Waals surface area contributed by atoms with Gasteiger partial charge in [0.2, 0.25) is 0 Å². The molecule has 1 fully saturated rings. The Kier molecular flexibility index (Phi) is 5.79. The summed E-state index contributed by atoms with van der Waals surface area (Å²) in [7, 11) is 0. The number of imide groups is 1. The molecule has 1 N–H and O–H groups in total. The van der Waals surface area contributed by atoms with Crippen molar-refractivity contribution in [3.8, 4) is 0 Å². The van der Waals surface area contributed by atoms with E-state index in [2.05, 4.69) is 5.32 Å². The lowest BCUT2D eigenvalue weighted by Crippen LogP contribution is -2.44. The molecule has 0 spiro atoms. The molecule has 1 heterocycles. The summed E-state index contributed by atoms with van der Waals surface area (Å²) in [6.07, 6.45) is 1.84. The number of hydrogen-bond donors (Lipinski definition) is 1. The van der Waals surface area contributed by atoms with Gasteiger partial charge in [0, 0.05) is 5.56 Å². The Morgan fingerprint density at radius 3 is 2.46 bits per heavy atom. The standard InChI is InChI=1S/C21H20ClFN2O3/c1-2-3-12-21(14-8-10-15(23)11-9-14)19(27)25(20(28)24-21)13-18(26)16-6-4-5-7-17(16)22/h4-11H,2-3,12-13H2,1H3,(H,24,28)/t21-/m0/s1. The molecule has 1 saturated heterocycles. The van der Waals surface area contributed by atoms with E-state index in [1.165, 1.54) is 24.3 Å². The molecule has 0 saturated carbocycles. The normalized spacial score (nSPS) is 19.0. The van der Waals surface area contributed by atoms with Crippen LogP contribution in [0.3, 0.4) is 0 Å². The van der Waals surface area contributed by atoms with Gasteiger partial charge >= 0.3 is 6.03 Å². The maximum atomic E-state index is 13.4. The third-order valence-corrected chi connectivity index (χ3v) is 5.22. The Hall–Kier alpha value is -2.73. The van der Waals surface area contributed by atoms with Crippen LogP contribution in [-0.2, 0) is 10.3 Å². The number of carbonyl (C=O) groups is 3. The molecule has 146 valence electrons. The number of nitrogens with one attached hydrogen (secondary N) is 1. The van der Waals surface area contributed by atoms with Gasteiger partial charge in [-0.25, -0.2) is 9.18 Å². The smallest absolute Gasteiger partial charge is 0.319 e. The molecule has 0 aromatic heterocycles. The zero-order valence-electron chi connectivity index (χ0n) is 15.4. The summed E-state index contributed by atoms with van der Waals surface area (Å²) in [6, 6.07) is 11.3. The summed E-state index contributed by atoms with van der Waals surface area (Å²) in [6.45, 7) is 1.56. The van der Waals surface area contributed by atoms with Crippen molar-refractivity contribution in [3.63, 3.8) is 0 Å². The number of hydrogen-bond acceptors (Lipinski definition) is 3. The summed E-state index contributed by atoms with van der Waals surface area (Å²) in [5.74, 6) is -1.38. The number of nitrogens with zero attached hydrogens (tertiary/aromatic N) is 1.